The van der Waals surface area contributed by atoms with Crippen LogP contribution in [0, 0.1) is 0 Å². The lowest BCUT2D eigenvalue weighted by atomic mass is 10.1. The second kappa shape index (κ2) is 9.50. The van der Waals surface area contributed by atoms with Gasteiger partial charge in [0.2, 0.25) is 5.91 Å². The fourth-order valence-corrected chi connectivity index (χ4v) is 2.12. The number of nitrogens with one attached hydrogen (secondary N) is 1. The normalized spacial score (nSPS) is 10.8. The highest BCUT2D eigenvalue weighted by atomic mass is 16.1. The monoisotopic (exact) mass is 277 g/mol. The molecule has 0 aromatic heterocycles. The number of amides is 1. The van der Waals surface area contributed by atoms with Gasteiger partial charge in [-0.3, -0.25) is 4.79 Å². The molecule has 112 valence electrons. The highest BCUT2D eigenvalue weighted by molar-refractivity contribution is 5.90. The van der Waals surface area contributed by atoms with Crippen LogP contribution >= 0.6 is 0 Å². The summed E-state index contributed by atoms with van der Waals surface area (Å²) in [5.74, 6) is 0.0970. The van der Waals surface area contributed by atoms with Gasteiger partial charge in [-0.15, -0.1) is 0 Å². The Hall–Kier alpha value is -1.39. The van der Waals surface area contributed by atoms with E-state index >= 15 is 0 Å². The maximum atomic E-state index is 11.8. The summed E-state index contributed by atoms with van der Waals surface area (Å²) in [6.07, 6.45) is 4.76. The molecule has 1 aromatic carbocycles. The van der Waals surface area contributed by atoms with Crippen molar-refractivity contribution in [1.82, 2.24) is 4.90 Å². The number of nitrogens with two attached hydrogens (primary N) is 1. The first-order valence-electron chi connectivity index (χ1n) is 7.35. The van der Waals surface area contributed by atoms with Crippen LogP contribution in [-0.2, 0) is 11.3 Å². The van der Waals surface area contributed by atoms with Crippen LogP contribution in [0.5, 0.6) is 0 Å². The summed E-state index contributed by atoms with van der Waals surface area (Å²) in [6, 6.07) is 8.02. The van der Waals surface area contributed by atoms with E-state index in [4.69, 9.17) is 5.73 Å². The Morgan fingerprint density at radius 1 is 1.20 bits per heavy atom. The molecule has 4 nitrogen and oxygen atoms in total. The third-order valence-electron chi connectivity index (χ3n) is 3.07. The van der Waals surface area contributed by atoms with Crippen LogP contribution in [0.15, 0.2) is 24.3 Å². The molecule has 0 heterocycles. The van der Waals surface area contributed by atoms with E-state index in [0.717, 1.165) is 44.5 Å². The van der Waals surface area contributed by atoms with Crippen molar-refractivity contribution in [3.8, 4) is 0 Å². The number of anilines is 1. The molecule has 0 aliphatic carbocycles. The number of carbonyl (C=O) groups excluding carboxylic acids is 1. The number of nitrogens with zero attached hydrogens (tertiary/aromatic N) is 1. The lowest BCUT2D eigenvalue weighted by Crippen LogP contribution is -2.13. The summed E-state index contributed by atoms with van der Waals surface area (Å²) in [5.41, 5.74) is 7.53. The molecule has 1 aromatic rings. The van der Waals surface area contributed by atoms with Crippen molar-refractivity contribution in [2.75, 3.05) is 26.0 Å². The van der Waals surface area contributed by atoms with Crippen LogP contribution in [0.4, 0.5) is 5.69 Å². The van der Waals surface area contributed by atoms with Gasteiger partial charge in [0.25, 0.3) is 0 Å². The van der Waals surface area contributed by atoms with Gasteiger partial charge in [-0.05, 0) is 51.2 Å². The van der Waals surface area contributed by atoms with Crippen molar-refractivity contribution in [2.45, 2.75) is 38.6 Å². The van der Waals surface area contributed by atoms with E-state index in [1.807, 2.05) is 32.3 Å². The SMILES string of the molecule is CN(C)Cc1cccc(NC(=O)CCCCCCN)c1. The van der Waals surface area contributed by atoms with Crippen molar-refractivity contribution in [1.29, 1.82) is 0 Å². The van der Waals surface area contributed by atoms with E-state index in [1.54, 1.807) is 0 Å². The minimum atomic E-state index is 0.0970. The van der Waals surface area contributed by atoms with Crippen LogP contribution < -0.4 is 11.1 Å². The van der Waals surface area contributed by atoms with Crippen LogP contribution in [0.25, 0.3) is 0 Å². The van der Waals surface area contributed by atoms with E-state index in [-0.39, 0.29) is 5.91 Å². The average molecular weight is 277 g/mol. The van der Waals surface area contributed by atoms with E-state index < -0.39 is 0 Å². The number of hydrogen-bond acceptors (Lipinski definition) is 3. The van der Waals surface area contributed by atoms with Crippen molar-refractivity contribution in [2.24, 2.45) is 5.73 Å². The molecule has 0 aliphatic rings. The lowest BCUT2D eigenvalue weighted by Gasteiger charge is -2.11. The molecule has 4 heteroatoms. The highest BCUT2D eigenvalue weighted by Gasteiger charge is 2.03. The minimum Gasteiger partial charge on any atom is -0.330 e. The summed E-state index contributed by atoms with van der Waals surface area (Å²) >= 11 is 0. The topological polar surface area (TPSA) is 58.4 Å². The van der Waals surface area contributed by atoms with Gasteiger partial charge < -0.3 is 16.0 Å². The second-order valence-electron chi connectivity index (χ2n) is 5.44. The quantitative estimate of drug-likeness (QED) is 0.682. The Kier molecular flexibility index (Phi) is 7.92. The zero-order chi connectivity index (χ0) is 14.8. The van der Waals surface area contributed by atoms with Gasteiger partial charge in [-0.2, -0.15) is 0 Å². The Morgan fingerprint density at radius 3 is 2.65 bits per heavy atom. The zero-order valence-corrected chi connectivity index (χ0v) is 12.7. The molecular formula is C16H27N3O. The Labute approximate surface area is 122 Å². The maximum absolute atomic E-state index is 11.8. The summed E-state index contributed by atoms with van der Waals surface area (Å²) in [4.78, 5) is 13.9. The van der Waals surface area contributed by atoms with Gasteiger partial charge >= 0.3 is 0 Å². The summed E-state index contributed by atoms with van der Waals surface area (Å²) in [7, 11) is 4.07. The third-order valence-corrected chi connectivity index (χ3v) is 3.07. The standard InChI is InChI=1S/C16H27N3O/c1-19(2)13-14-8-7-9-15(12-14)18-16(20)10-5-3-4-6-11-17/h7-9,12H,3-6,10-11,13,17H2,1-2H3,(H,18,20). The molecule has 0 saturated heterocycles. The first kappa shape index (κ1) is 16.7. The van der Waals surface area contributed by atoms with Gasteiger partial charge in [0.1, 0.15) is 0 Å². The maximum Gasteiger partial charge on any atom is 0.224 e. The largest absolute Gasteiger partial charge is 0.330 e. The predicted octanol–water partition coefficient (Wildman–Crippen LogP) is 2.60. The van der Waals surface area contributed by atoms with Crippen molar-refractivity contribution < 1.29 is 4.79 Å². The molecule has 1 rings (SSSR count). The molecule has 0 saturated carbocycles. The molecular weight excluding hydrogens is 250 g/mol. The molecule has 0 atom stereocenters. The molecule has 0 unspecified atom stereocenters. The molecule has 1 amide bonds. The van der Waals surface area contributed by atoms with Crippen LogP contribution in [-0.4, -0.2) is 31.4 Å². The summed E-state index contributed by atoms with van der Waals surface area (Å²) in [6.45, 7) is 1.62. The first-order chi connectivity index (χ1) is 9.61. The van der Waals surface area contributed by atoms with Gasteiger partial charge in [-0.1, -0.05) is 25.0 Å². The Morgan fingerprint density at radius 2 is 1.95 bits per heavy atom. The van der Waals surface area contributed by atoms with Crippen LogP contribution in [0.1, 0.15) is 37.7 Å². The predicted molar refractivity (Wildman–Crippen MR) is 84.6 cm³/mol. The zero-order valence-electron chi connectivity index (χ0n) is 12.7. The fraction of sp³-hybridized carbons (Fsp3) is 0.562. The second-order valence-corrected chi connectivity index (χ2v) is 5.44. The number of carbonyl (C=O) groups is 1. The highest BCUT2D eigenvalue weighted by Crippen LogP contribution is 2.13. The molecule has 20 heavy (non-hydrogen) atoms. The van der Waals surface area contributed by atoms with Gasteiger partial charge in [0, 0.05) is 18.7 Å². The molecule has 0 aliphatic heterocycles. The third kappa shape index (κ3) is 7.26. The Bertz CT molecular complexity index is 404. The molecule has 0 fully saturated rings. The molecule has 0 radical (unpaired) electrons. The Balaban J connectivity index is 2.34. The molecule has 0 spiro atoms. The van der Waals surface area contributed by atoms with Crippen LogP contribution in [0.3, 0.4) is 0 Å². The van der Waals surface area contributed by atoms with E-state index in [1.165, 1.54) is 5.56 Å². The van der Waals surface area contributed by atoms with Gasteiger partial charge in [0.15, 0.2) is 0 Å². The summed E-state index contributed by atoms with van der Waals surface area (Å²) in [5, 5.41) is 2.96. The van der Waals surface area contributed by atoms with Gasteiger partial charge in [0.05, 0.1) is 0 Å². The molecule has 0 bridgehead atoms. The number of hydrogen-bond donors (Lipinski definition) is 2. The van der Waals surface area contributed by atoms with Crippen molar-refractivity contribution in [3.63, 3.8) is 0 Å². The van der Waals surface area contributed by atoms with E-state index in [9.17, 15) is 4.79 Å². The van der Waals surface area contributed by atoms with Crippen molar-refractivity contribution >= 4 is 11.6 Å². The minimum absolute atomic E-state index is 0.0970. The first-order valence-corrected chi connectivity index (χ1v) is 7.35. The van der Waals surface area contributed by atoms with Crippen molar-refractivity contribution in [3.05, 3.63) is 29.8 Å². The molecule has 3 N–H and O–H groups in total. The smallest absolute Gasteiger partial charge is 0.224 e. The van der Waals surface area contributed by atoms with Gasteiger partial charge in [-0.25, -0.2) is 0 Å². The summed E-state index contributed by atoms with van der Waals surface area (Å²) < 4.78 is 0. The van der Waals surface area contributed by atoms with E-state index in [2.05, 4.69) is 16.3 Å². The lowest BCUT2D eigenvalue weighted by molar-refractivity contribution is -0.116. The number of benzene rings is 1. The fourth-order valence-electron chi connectivity index (χ4n) is 2.12. The van der Waals surface area contributed by atoms with E-state index in [0.29, 0.717) is 6.42 Å². The number of unbranched alkanes of at least 4 members (excludes halogenated alkanes) is 3. The number of rotatable bonds is 9. The van der Waals surface area contributed by atoms with Crippen LogP contribution in [0.2, 0.25) is 0 Å². The average Bonchev–Trinajstić information content (AvgIpc) is 2.38.